The first-order chi connectivity index (χ1) is 6.81. The van der Waals surface area contributed by atoms with E-state index in [1.165, 1.54) is 0 Å². The van der Waals surface area contributed by atoms with Crippen LogP contribution in [0.3, 0.4) is 0 Å². The zero-order valence-corrected chi connectivity index (χ0v) is 9.40. The highest BCUT2D eigenvalue weighted by Crippen LogP contribution is 2.12. The van der Waals surface area contributed by atoms with Gasteiger partial charge in [-0.3, -0.25) is 0 Å². The highest BCUT2D eigenvalue weighted by molar-refractivity contribution is 9.10. The normalized spacial score (nSPS) is 10.4. The molecule has 0 saturated heterocycles. The van der Waals surface area contributed by atoms with Crippen molar-refractivity contribution in [2.75, 3.05) is 0 Å². The molecule has 0 aliphatic heterocycles. The number of nitrogens with zero attached hydrogens (tertiary/aromatic N) is 3. The van der Waals surface area contributed by atoms with Crippen LogP contribution in [-0.2, 0) is 6.42 Å². The Morgan fingerprint density at radius 2 is 2.21 bits per heavy atom. The van der Waals surface area contributed by atoms with Gasteiger partial charge in [-0.2, -0.15) is 5.10 Å². The van der Waals surface area contributed by atoms with Gasteiger partial charge in [0.25, 0.3) is 0 Å². The van der Waals surface area contributed by atoms with E-state index in [1.807, 2.05) is 28.9 Å². The third-order valence-corrected chi connectivity index (χ3v) is 2.44. The fourth-order valence-electron chi connectivity index (χ4n) is 1.32. The molecule has 0 bridgehead atoms. The van der Waals surface area contributed by atoms with E-state index in [2.05, 4.69) is 32.9 Å². The third-order valence-electron chi connectivity index (χ3n) is 2.00. The first kappa shape index (κ1) is 9.40. The minimum atomic E-state index is 0.826. The summed E-state index contributed by atoms with van der Waals surface area (Å²) in [7, 11) is 0. The molecule has 0 N–H and O–H groups in total. The molecule has 14 heavy (non-hydrogen) atoms. The van der Waals surface area contributed by atoms with Crippen LogP contribution in [0.15, 0.2) is 35.1 Å². The Kier molecular flexibility index (Phi) is 2.63. The molecule has 2 heterocycles. The van der Waals surface area contributed by atoms with Crippen molar-refractivity contribution in [3.8, 4) is 5.82 Å². The number of rotatable bonds is 2. The Morgan fingerprint density at radius 3 is 2.93 bits per heavy atom. The maximum absolute atomic E-state index is 4.34. The summed E-state index contributed by atoms with van der Waals surface area (Å²) in [5, 5.41) is 4.23. The molecular weight excluding hydrogens is 242 g/mol. The number of halogens is 1. The molecule has 4 heteroatoms. The van der Waals surface area contributed by atoms with Crippen LogP contribution < -0.4 is 0 Å². The molecular formula is C10H10BrN3. The summed E-state index contributed by atoms with van der Waals surface area (Å²) in [6.45, 7) is 2.10. The zero-order valence-electron chi connectivity index (χ0n) is 7.81. The van der Waals surface area contributed by atoms with Crippen molar-refractivity contribution in [1.29, 1.82) is 0 Å². The lowest BCUT2D eigenvalue weighted by molar-refractivity contribution is 0.787. The van der Waals surface area contributed by atoms with Gasteiger partial charge in [-0.05, 0) is 40.5 Å². The van der Waals surface area contributed by atoms with Crippen molar-refractivity contribution in [2.24, 2.45) is 0 Å². The molecule has 0 spiro atoms. The van der Waals surface area contributed by atoms with Gasteiger partial charge in [-0.25, -0.2) is 9.67 Å². The average molecular weight is 252 g/mol. The largest absolute Gasteiger partial charge is 0.222 e. The minimum absolute atomic E-state index is 0.826. The van der Waals surface area contributed by atoms with Crippen LogP contribution in [0.4, 0.5) is 0 Å². The number of aromatic nitrogens is 3. The van der Waals surface area contributed by atoms with Gasteiger partial charge in [-0.15, -0.1) is 0 Å². The molecule has 0 atom stereocenters. The Morgan fingerprint density at radius 1 is 1.36 bits per heavy atom. The van der Waals surface area contributed by atoms with Crippen molar-refractivity contribution >= 4 is 15.9 Å². The van der Waals surface area contributed by atoms with Crippen LogP contribution in [-0.4, -0.2) is 14.8 Å². The lowest BCUT2D eigenvalue weighted by Crippen LogP contribution is -2.03. The van der Waals surface area contributed by atoms with Crippen LogP contribution in [0.1, 0.15) is 12.6 Å². The Bertz CT molecular complexity index is 436. The average Bonchev–Trinajstić information content (AvgIpc) is 2.65. The fourth-order valence-corrected chi connectivity index (χ4v) is 1.65. The van der Waals surface area contributed by atoms with Gasteiger partial charge in [0.05, 0.1) is 0 Å². The molecule has 2 aromatic heterocycles. The van der Waals surface area contributed by atoms with Crippen molar-refractivity contribution in [3.63, 3.8) is 0 Å². The van der Waals surface area contributed by atoms with E-state index in [0.717, 1.165) is 22.5 Å². The summed E-state index contributed by atoms with van der Waals surface area (Å²) < 4.78 is 2.68. The molecule has 0 unspecified atom stereocenters. The molecule has 0 saturated carbocycles. The molecule has 0 aliphatic rings. The summed E-state index contributed by atoms with van der Waals surface area (Å²) in [6.07, 6.45) is 2.75. The Labute approximate surface area is 90.9 Å². The molecule has 0 aliphatic carbocycles. The van der Waals surface area contributed by atoms with Crippen molar-refractivity contribution in [1.82, 2.24) is 14.8 Å². The van der Waals surface area contributed by atoms with Crippen LogP contribution in [0.2, 0.25) is 0 Å². The van der Waals surface area contributed by atoms with Crippen molar-refractivity contribution in [2.45, 2.75) is 13.3 Å². The van der Waals surface area contributed by atoms with E-state index in [4.69, 9.17) is 0 Å². The van der Waals surface area contributed by atoms with E-state index in [0.29, 0.717) is 0 Å². The number of pyridine rings is 1. The van der Waals surface area contributed by atoms with Crippen molar-refractivity contribution < 1.29 is 0 Å². The lowest BCUT2D eigenvalue weighted by Gasteiger charge is -2.04. The predicted molar refractivity (Wildman–Crippen MR) is 58.4 cm³/mol. The molecule has 0 amide bonds. The first-order valence-corrected chi connectivity index (χ1v) is 5.26. The SMILES string of the molecule is CCc1ccnn1-c1cccc(Br)n1. The summed E-state index contributed by atoms with van der Waals surface area (Å²) in [4.78, 5) is 4.34. The highest BCUT2D eigenvalue weighted by atomic mass is 79.9. The molecule has 0 radical (unpaired) electrons. The van der Waals surface area contributed by atoms with Gasteiger partial charge < -0.3 is 0 Å². The summed E-state index contributed by atoms with van der Waals surface area (Å²) >= 11 is 3.34. The molecule has 72 valence electrons. The number of hydrogen-bond donors (Lipinski definition) is 0. The first-order valence-electron chi connectivity index (χ1n) is 4.47. The highest BCUT2D eigenvalue weighted by Gasteiger charge is 2.03. The quantitative estimate of drug-likeness (QED) is 0.769. The molecule has 0 fully saturated rings. The second-order valence-corrected chi connectivity index (χ2v) is 3.72. The van der Waals surface area contributed by atoms with Gasteiger partial charge in [0.2, 0.25) is 0 Å². The van der Waals surface area contributed by atoms with E-state index >= 15 is 0 Å². The van der Waals surface area contributed by atoms with E-state index in [-0.39, 0.29) is 0 Å². The smallest absolute Gasteiger partial charge is 0.154 e. The van der Waals surface area contributed by atoms with Crippen molar-refractivity contribution in [3.05, 3.63) is 40.8 Å². The monoisotopic (exact) mass is 251 g/mol. The molecule has 3 nitrogen and oxygen atoms in total. The lowest BCUT2D eigenvalue weighted by atomic mass is 10.3. The van der Waals surface area contributed by atoms with Gasteiger partial charge in [-0.1, -0.05) is 13.0 Å². The fraction of sp³-hybridized carbons (Fsp3) is 0.200. The van der Waals surface area contributed by atoms with Gasteiger partial charge in [0.15, 0.2) is 5.82 Å². The maximum Gasteiger partial charge on any atom is 0.154 e. The Hall–Kier alpha value is -1.16. The van der Waals surface area contributed by atoms with Crippen LogP contribution in [0, 0.1) is 0 Å². The Balaban J connectivity index is 2.49. The second-order valence-electron chi connectivity index (χ2n) is 2.91. The zero-order chi connectivity index (χ0) is 9.97. The summed E-state index contributed by atoms with van der Waals surface area (Å²) in [6, 6.07) is 7.80. The third kappa shape index (κ3) is 1.70. The molecule has 2 rings (SSSR count). The van der Waals surface area contributed by atoms with E-state index in [1.54, 1.807) is 6.20 Å². The van der Waals surface area contributed by atoms with Crippen LogP contribution in [0.25, 0.3) is 5.82 Å². The van der Waals surface area contributed by atoms with Crippen LogP contribution in [0.5, 0.6) is 0 Å². The summed E-state index contributed by atoms with van der Waals surface area (Å²) in [5.41, 5.74) is 1.16. The minimum Gasteiger partial charge on any atom is -0.222 e. The number of aryl methyl sites for hydroxylation is 1. The standard InChI is InChI=1S/C10H10BrN3/c1-2-8-6-7-12-14(8)10-5-3-4-9(11)13-10/h3-7H,2H2,1H3. The summed E-state index contributed by atoms with van der Waals surface area (Å²) in [5.74, 6) is 0.848. The second kappa shape index (κ2) is 3.92. The van der Waals surface area contributed by atoms with E-state index in [9.17, 15) is 0 Å². The molecule has 0 aromatic carbocycles. The van der Waals surface area contributed by atoms with Gasteiger partial charge in [0.1, 0.15) is 4.60 Å². The van der Waals surface area contributed by atoms with Crippen LogP contribution >= 0.6 is 15.9 Å². The molecule has 2 aromatic rings. The topological polar surface area (TPSA) is 30.7 Å². The predicted octanol–water partition coefficient (Wildman–Crippen LogP) is 2.59. The van der Waals surface area contributed by atoms with Gasteiger partial charge in [0, 0.05) is 11.9 Å². The van der Waals surface area contributed by atoms with Gasteiger partial charge >= 0.3 is 0 Å². The number of hydrogen-bond acceptors (Lipinski definition) is 2. The maximum atomic E-state index is 4.34. The van der Waals surface area contributed by atoms with E-state index < -0.39 is 0 Å².